The summed E-state index contributed by atoms with van der Waals surface area (Å²) in [6.45, 7) is 0. The third kappa shape index (κ3) is 2.08. The minimum atomic E-state index is 0.690. The molecule has 0 aromatic heterocycles. The van der Waals surface area contributed by atoms with Crippen LogP contribution in [0.3, 0.4) is 0 Å². The number of hydrogen-bond donors (Lipinski definition) is 2. The number of hydrogen-bond acceptors (Lipinski definition) is 4. The van der Waals surface area contributed by atoms with E-state index in [9.17, 15) is 0 Å². The van der Waals surface area contributed by atoms with Crippen molar-refractivity contribution in [3.63, 3.8) is 0 Å². The van der Waals surface area contributed by atoms with Crippen molar-refractivity contribution < 1.29 is 0 Å². The second kappa shape index (κ2) is 4.71. The number of benzene rings is 1. The second-order valence-corrected chi connectivity index (χ2v) is 3.79. The first-order chi connectivity index (χ1) is 8.93. The van der Waals surface area contributed by atoms with E-state index in [0.29, 0.717) is 5.70 Å². The first-order valence-electron chi connectivity index (χ1n) is 5.61. The number of rotatable bonds is 1. The third-order valence-electron chi connectivity index (χ3n) is 2.58. The Morgan fingerprint density at radius 1 is 1.17 bits per heavy atom. The quantitative estimate of drug-likeness (QED) is 0.784. The van der Waals surface area contributed by atoms with E-state index in [0.717, 1.165) is 16.9 Å². The van der Waals surface area contributed by atoms with Crippen molar-refractivity contribution in [1.82, 2.24) is 5.32 Å². The van der Waals surface area contributed by atoms with Gasteiger partial charge in [0, 0.05) is 29.9 Å². The van der Waals surface area contributed by atoms with Crippen LogP contribution in [0.5, 0.6) is 0 Å². The van der Waals surface area contributed by atoms with Gasteiger partial charge in [-0.2, -0.15) is 0 Å². The van der Waals surface area contributed by atoms with Crippen LogP contribution >= 0.6 is 0 Å². The van der Waals surface area contributed by atoms with Gasteiger partial charge in [-0.1, -0.05) is 18.2 Å². The molecule has 0 saturated carbocycles. The lowest BCUT2D eigenvalue weighted by Gasteiger charge is -2.04. The molecule has 2 aliphatic rings. The molecule has 0 bridgehead atoms. The Kier molecular flexibility index (Phi) is 2.75. The number of nitrogens with one attached hydrogen (secondary N) is 2. The summed E-state index contributed by atoms with van der Waals surface area (Å²) in [5.74, 6) is 0. The number of nitrogens with zero attached hydrogens (tertiary/aromatic N) is 2. The number of anilines is 1. The van der Waals surface area contributed by atoms with Gasteiger partial charge in [0.2, 0.25) is 0 Å². The fourth-order valence-electron chi connectivity index (χ4n) is 1.67. The first-order valence-corrected chi connectivity index (χ1v) is 5.61. The number of allylic oxidation sites excluding steroid dienone is 1. The van der Waals surface area contributed by atoms with Gasteiger partial charge in [0.15, 0.2) is 0 Å². The van der Waals surface area contributed by atoms with Crippen molar-refractivity contribution in [1.29, 1.82) is 0 Å². The zero-order valence-corrected chi connectivity index (χ0v) is 9.59. The Bertz CT molecular complexity index is 606. The second-order valence-electron chi connectivity index (χ2n) is 3.79. The molecule has 2 N–H and O–H groups in total. The maximum Gasteiger partial charge on any atom is 0.114 e. The van der Waals surface area contributed by atoms with Crippen LogP contribution < -0.4 is 10.6 Å². The molecule has 0 aliphatic carbocycles. The molecule has 3 rings (SSSR count). The zero-order chi connectivity index (χ0) is 12.2. The Morgan fingerprint density at radius 2 is 2.11 bits per heavy atom. The molecule has 0 saturated heterocycles. The maximum atomic E-state index is 4.41. The Labute approximate surface area is 105 Å². The minimum Gasteiger partial charge on any atom is -0.359 e. The lowest BCUT2D eigenvalue weighted by Crippen LogP contribution is -2.06. The fourth-order valence-corrected chi connectivity index (χ4v) is 1.67. The number of fused-ring (bicyclic) bond motifs is 1. The third-order valence-corrected chi connectivity index (χ3v) is 2.58. The van der Waals surface area contributed by atoms with Crippen molar-refractivity contribution in [3.8, 4) is 0 Å². The predicted molar refractivity (Wildman–Crippen MR) is 73.3 cm³/mol. The predicted octanol–water partition coefficient (Wildman–Crippen LogP) is 2.20. The summed E-state index contributed by atoms with van der Waals surface area (Å²) in [7, 11) is 0. The number of para-hydroxylation sites is 1. The van der Waals surface area contributed by atoms with Gasteiger partial charge in [-0.05, 0) is 12.1 Å². The smallest absolute Gasteiger partial charge is 0.114 e. The van der Waals surface area contributed by atoms with Crippen molar-refractivity contribution in [2.75, 3.05) is 5.32 Å². The Morgan fingerprint density at radius 3 is 3.11 bits per heavy atom. The maximum absolute atomic E-state index is 4.41. The van der Waals surface area contributed by atoms with E-state index < -0.39 is 0 Å². The van der Waals surface area contributed by atoms with Crippen LogP contribution in [0.4, 0.5) is 5.69 Å². The van der Waals surface area contributed by atoms with Crippen LogP contribution in [0.2, 0.25) is 0 Å². The summed E-state index contributed by atoms with van der Waals surface area (Å²) in [6.07, 6.45) is 12.0. The van der Waals surface area contributed by atoms with Crippen LogP contribution in [0, 0.1) is 6.20 Å². The van der Waals surface area contributed by atoms with Gasteiger partial charge in [0.05, 0.1) is 18.1 Å². The van der Waals surface area contributed by atoms with Gasteiger partial charge in [0.1, 0.15) is 5.70 Å². The molecule has 4 nitrogen and oxygen atoms in total. The van der Waals surface area contributed by atoms with Crippen LogP contribution in [0.1, 0.15) is 5.56 Å². The van der Waals surface area contributed by atoms with Crippen molar-refractivity contribution >= 4 is 18.1 Å². The minimum absolute atomic E-state index is 0.690. The number of aliphatic imine (C=N–C) groups is 2. The Balaban J connectivity index is 1.93. The molecule has 1 radical (unpaired) electrons. The molecular formula is C14H11N4. The fraction of sp³-hybridized carbons (Fsp3) is 0. The highest BCUT2D eigenvalue weighted by atomic mass is 15.0. The average Bonchev–Trinajstić information content (AvgIpc) is 2.79. The molecule has 1 aromatic rings. The lowest BCUT2D eigenvalue weighted by atomic mass is 10.2. The van der Waals surface area contributed by atoms with Crippen LogP contribution in [-0.2, 0) is 0 Å². The lowest BCUT2D eigenvalue weighted by molar-refractivity contribution is 1.04. The highest BCUT2D eigenvalue weighted by molar-refractivity contribution is 5.89. The van der Waals surface area contributed by atoms with Crippen LogP contribution in [0.25, 0.3) is 0 Å². The topological polar surface area (TPSA) is 48.8 Å². The molecule has 1 aromatic carbocycles. The SMILES string of the molecule is [C]1=C(C2=CN=CC=CN2)N=Cc2ccccc2N1. The molecule has 0 spiro atoms. The van der Waals surface area contributed by atoms with E-state index in [1.54, 1.807) is 12.4 Å². The van der Waals surface area contributed by atoms with Crippen LogP contribution in [-0.4, -0.2) is 12.4 Å². The van der Waals surface area contributed by atoms with Gasteiger partial charge in [0.25, 0.3) is 0 Å². The van der Waals surface area contributed by atoms with Gasteiger partial charge in [-0.3, -0.25) is 9.98 Å². The normalized spacial score (nSPS) is 16.7. The first kappa shape index (κ1) is 10.5. The standard InChI is InChI=1S/C14H11N4/c1-2-5-12-11(4-1)8-17-14(10-18-12)13-9-15-6-3-7-16-13/h1-9,16,18H. The zero-order valence-electron chi connectivity index (χ0n) is 9.59. The van der Waals surface area contributed by atoms with E-state index in [1.165, 1.54) is 0 Å². The summed E-state index contributed by atoms with van der Waals surface area (Å²) in [4.78, 5) is 8.52. The molecule has 4 heteroatoms. The van der Waals surface area contributed by atoms with E-state index in [2.05, 4.69) is 26.8 Å². The molecule has 0 fully saturated rings. The highest BCUT2D eigenvalue weighted by Crippen LogP contribution is 2.19. The van der Waals surface area contributed by atoms with Crippen molar-refractivity contribution in [2.45, 2.75) is 0 Å². The van der Waals surface area contributed by atoms with Gasteiger partial charge >= 0.3 is 0 Å². The van der Waals surface area contributed by atoms with E-state index in [4.69, 9.17) is 0 Å². The van der Waals surface area contributed by atoms with Crippen LogP contribution in [0.15, 0.2) is 64.1 Å². The molecule has 0 atom stereocenters. The van der Waals surface area contributed by atoms with Gasteiger partial charge in [-0.15, -0.1) is 0 Å². The summed E-state index contributed by atoms with van der Waals surface area (Å²) in [5, 5.41) is 6.23. The van der Waals surface area contributed by atoms with Gasteiger partial charge in [-0.25, -0.2) is 0 Å². The monoisotopic (exact) mass is 235 g/mol. The van der Waals surface area contributed by atoms with E-state index in [-0.39, 0.29) is 0 Å². The van der Waals surface area contributed by atoms with Gasteiger partial charge < -0.3 is 10.6 Å². The Hall–Kier alpha value is -2.62. The van der Waals surface area contributed by atoms with Crippen molar-refractivity contribution in [2.24, 2.45) is 9.98 Å². The summed E-state index contributed by atoms with van der Waals surface area (Å²) >= 11 is 0. The highest BCUT2D eigenvalue weighted by Gasteiger charge is 2.08. The molecule has 2 heterocycles. The molecular weight excluding hydrogens is 224 g/mol. The summed E-state index contributed by atoms with van der Waals surface area (Å²) in [5.41, 5.74) is 3.52. The molecule has 2 aliphatic heterocycles. The molecule has 0 amide bonds. The van der Waals surface area contributed by atoms with E-state index in [1.807, 2.05) is 42.8 Å². The molecule has 18 heavy (non-hydrogen) atoms. The molecule has 0 unspecified atom stereocenters. The van der Waals surface area contributed by atoms with E-state index >= 15 is 0 Å². The molecule has 87 valence electrons. The average molecular weight is 235 g/mol. The van der Waals surface area contributed by atoms with Crippen molar-refractivity contribution in [3.05, 3.63) is 65.9 Å². The summed E-state index contributed by atoms with van der Waals surface area (Å²) < 4.78 is 0. The summed E-state index contributed by atoms with van der Waals surface area (Å²) in [6, 6.07) is 7.95. The largest absolute Gasteiger partial charge is 0.359 e.